The maximum absolute atomic E-state index is 12.0. The predicted octanol–water partition coefficient (Wildman–Crippen LogP) is 2.49. The molecule has 0 aliphatic heterocycles. The Hall–Kier alpha value is -3.09. The van der Waals surface area contributed by atoms with Gasteiger partial charge in [-0.25, -0.2) is 0 Å². The molecule has 7 heteroatoms. The number of hydrogen-bond acceptors (Lipinski definition) is 5. The SMILES string of the molecule is COc1cccc(CC(=O)Nc2cc([N+](=O)[O-])ccc2O)c1. The van der Waals surface area contributed by atoms with Crippen LogP contribution in [0, 0.1) is 10.1 Å². The number of anilines is 1. The van der Waals surface area contributed by atoms with Crippen LogP contribution in [-0.4, -0.2) is 23.0 Å². The van der Waals surface area contributed by atoms with E-state index in [2.05, 4.69) is 5.32 Å². The number of benzene rings is 2. The van der Waals surface area contributed by atoms with Crippen LogP contribution in [0.5, 0.6) is 11.5 Å². The first kappa shape index (κ1) is 15.3. The number of amides is 1. The number of hydrogen-bond donors (Lipinski definition) is 2. The standard InChI is InChI=1S/C15H14N2O5/c1-22-12-4-2-3-10(7-12)8-15(19)16-13-9-11(17(20)21)5-6-14(13)18/h2-7,9,18H,8H2,1H3,(H,16,19). The molecule has 0 aliphatic carbocycles. The van der Waals surface area contributed by atoms with Crippen molar-refractivity contribution in [1.82, 2.24) is 0 Å². The van der Waals surface area contributed by atoms with Crippen molar-refractivity contribution in [2.24, 2.45) is 0 Å². The number of rotatable bonds is 5. The summed E-state index contributed by atoms with van der Waals surface area (Å²) in [6.07, 6.45) is 0.0549. The summed E-state index contributed by atoms with van der Waals surface area (Å²) in [5.74, 6) is -0.00265. The molecule has 2 rings (SSSR count). The number of phenolic OH excluding ortho intramolecular Hbond substituents is 1. The zero-order chi connectivity index (χ0) is 16.1. The zero-order valence-corrected chi connectivity index (χ0v) is 11.8. The summed E-state index contributed by atoms with van der Waals surface area (Å²) in [4.78, 5) is 22.1. The van der Waals surface area contributed by atoms with E-state index in [1.165, 1.54) is 13.2 Å². The van der Waals surface area contributed by atoms with Gasteiger partial charge in [-0.15, -0.1) is 0 Å². The highest BCUT2D eigenvalue weighted by Gasteiger charge is 2.13. The van der Waals surface area contributed by atoms with E-state index in [0.29, 0.717) is 5.75 Å². The molecule has 0 aromatic heterocycles. The molecule has 0 spiro atoms. The Balaban J connectivity index is 2.11. The number of aromatic hydroxyl groups is 1. The topological polar surface area (TPSA) is 102 Å². The van der Waals surface area contributed by atoms with Gasteiger partial charge in [-0.05, 0) is 23.8 Å². The number of methoxy groups -OCH3 is 1. The average Bonchev–Trinajstić information content (AvgIpc) is 2.49. The number of nitro groups is 1. The lowest BCUT2D eigenvalue weighted by Gasteiger charge is -2.08. The third-order valence-electron chi connectivity index (χ3n) is 2.96. The number of phenols is 1. The molecule has 7 nitrogen and oxygen atoms in total. The molecule has 0 aliphatic rings. The van der Waals surface area contributed by atoms with Gasteiger partial charge in [-0.1, -0.05) is 12.1 Å². The minimum Gasteiger partial charge on any atom is -0.506 e. The van der Waals surface area contributed by atoms with Crippen molar-refractivity contribution in [3.63, 3.8) is 0 Å². The molecule has 0 unspecified atom stereocenters. The number of carbonyl (C=O) groups excluding carboxylic acids is 1. The first-order chi connectivity index (χ1) is 10.5. The van der Waals surface area contributed by atoms with Crippen molar-refractivity contribution >= 4 is 17.3 Å². The van der Waals surface area contributed by atoms with E-state index in [1.807, 2.05) is 0 Å². The molecule has 0 heterocycles. The van der Waals surface area contributed by atoms with E-state index in [9.17, 15) is 20.0 Å². The molecule has 0 bridgehead atoms. The van der Waals surface area contributed by atoms with Crippen molar-refractivity contribution < 1.29 is 19.6 Å². The summed E-state index contributed by atoms with van der Waals surface area (Å²) >= 11 is 0. The molecular formula is C15H14N2O5. The van der Waals surface area contributed by atoms with Gasteiger partial charge in [0.15, 0.2) is 0 Å². The van der Waals surface area contributed by atoms with Crippen molar-refractivity contribution in [3.05, 3.63) is 58.1 Å². The Morgan fingerprint density at radius 2 is 2.09 bits per heavy atom. The predicted molar refractivity (Wildman–Crippen MR) is 80.1 cm³/mol. The average molecular weight is 302 g/mol. The second-order valence-electron chi connectivity index (χ2n) is 4.54. The summed E-state index contributed by atoms with van der Waals surface area (Å²) in [7, 11) is 1.53. The minimum atomic E-state index is -0.600. The number of nitrogens with one attached hydrogen (secondary N) is 1. The van der Waals surface area contributed by atoms with E-state index < -0.39 is 10.8 Å². The van der Waals surface area contributed by atoms with Crippen molar-refractivity contribution in [1.29, 1.82) is 0 Å². The molecule has 0 radical (unpaired) electrons. The van der Waals surface area contributed by atoms with Crippen LogP contribution < -0.4 is 10.1 Å². The van der Waals surface area contributed by atoms with Gasteiger partial charge in [0, 0.05) is 12.1 Å². The Labute approximate surface area is 126 Å². The molecule has 0 saturated heterocycles. The van der Waals surface area contributed by atoms with Gasteiger partial charge in [0.25, 0.3) is 5.69 Å². The number of non-ortho nitro benzene ring substituents is 1. The lowest BCUT2D eigenvalue weighted by Crippen LogP contribution is -2.14. The fourth-order valence-electron chi connectivity index (χ4n) is 1.90. The first-order valence-corrected chi connectivity index (χ1v) is 6.40. The van der Waals surface area contributed by atoms with Crippen LogP contribution >= 0.6 is 0 Å². The summed E-state index contributed by atoms with van der Waals surface area (Å²) in [5, 5.41) is 22.8. The van der Waals surface area contributed by atoms with Gasteiger partial charge >= 0.3 is 0 Å². The van der Waals surface area contributed by atoms with E-state index in [1.54, 1.807) is 24.3 Å². The maximum atomic E-state index is 12.0. The van der Waals surface area contributed by atoms with Crippen LogP contribution in [0.3, 0.4) is 0 Å². The Kier molecular flexibility index (Phi) is 4.57. The highest BCUT2D eigenvalue weighted by Crippen LogP contribution is 2.28. The smallest absolute Gasteiger partial charge is 0.271 e. The lowest BCUT2D eigenvalue weighted by atomic mass is 10.1. The minimum absolute atomic E-state index is 0.00194. The fourth-order valence-corrected chi connectivity index (χ4v) is 1.90. The highest BCUT2D eigenvalue weighted by atomic mass is 16.6. The summed E-state index contributed by atoms with van der Waals surface area (Å²) in [5.41, 5.74) is 0.512. The van der Waals surface area contributed by atoms with Crippen LogP contribution in [-0.2, 0) is 11.2 Å². The molecule has 2 aromatic rings. The molecule has 1 amide bonds. The van der Waals surface area contributed by atoms with Gasteiger partial charge in [0.05, 0.1) is 24.1 Å². The molecular weight excluding hydrogens is 288 g/mol. The van der Waals surface area contributed by atoms with Gasteiger partial charge in [-0.2, -0.15) is 0 Å². The van der Waals surface area contributed by atoms with Crippen LogP contribution in [0.15, 0.2) is 42.5 Å². The van der Waals surface area contributed by atoms with Gasteiger partial charge in [0.2, 0.25) is 5.91 Å². The van der Waals surface area contributed by atoms with E-state index in [-0.39, 0.29) is 23.5 Å². The van der Waals surface area contributed by atoms with Gasteiger partial charge < -0.3 is 15.2 Å². The number of nitro benzene ring substituents is 1. The third-order valence-corrected chi connectivity index (χ3v) is 2.96. The normalized spacial score (nSPS) is 10.0. The quantitative estimate of drug-likeness (QED) is 0.502. The van der Waals surface area contributed by atoms with Gasteiger partial charge in [0.1, 0.15) is 11.5 Å². The lowest BCUT2D eigenvalue weighted by molar-refractivity contribution is -0.384. The van der Waals surface area contributed by atoms with E-state index in [0.717, 1.165) is 17.7 Å². The molecule has 114 valence electrons. The van der Waals surface area contributed by atoms with Crippen molar-refractivity contribution in [2.45, 2.75) is 6.42 Å². The first-order valence-electron chi connectivity index (χ1n) is 6.40. The Bertz CT molecular complexity index is 715. The maximum Gasteiger partial charge on any atom is 0.271 e. The molecule has 0 saturated carbocycles. The third kappa shape index (κ3) is 3.72. The van der Waals surface area contributed by atoms with Crippen molar-refractivity contribution in [3.8, 4) is 11.5 Å². The number of ether oxygens (including phenoxy) is 1. The van der Waals surface area contributed by atoms with E-state index in [4.69, 9.17) is 4.74 Å². The van der Waals surface area contributed by atoms with Crippen LogP contribution in [0.4, 0.5) is 11.4 Å². The second-order valence-corrected chi connectivity index (χ2v) is 4.54. The highest BCUT2D eigenvalue weighted by molar-refractivity contribution is 5.94. The molecule has 0 fully saturated rings. The monoisotopic (exact) mass is 302 g/mol. The molecule has 0 atom stereocenters. The Morgan fingerprint density at radius 3 is 2.77 bits per heavy atom. The zero-order valence-electron chi connectivity index (χ0n) is 11.8. The second kappa shape index (κ2) is 6.57. The largest absolute Gasteiger partial charge is 0.506 e. The molecule has 2 N–H and O–H groups in total. The van der Waals surface area contributed by atoms with Gasteiger partial charge in [-0.3, -0.25) is 14.9 Å². The molecule has 22 heavy (non-hydrogen) atoms. The molecule has 2 aromatic carbocycles. The fraction of sp³-hybridized carbons (Fsp3) is 0.133. The summed E-state index contributed by atoms with van der Waals surface area (Å²) in [6.45, 7) is 0. The van der Waals surface area contributed by atoms with Crippen LogP contribution in [0.1, 0.15) is 5.56 Å². The van der Waals surface area contributed by atoms with E-state index >= 15 is 0 Å². The van der Waals surface area contributed by atoms with Crippen LogP contribution in [0.2, 0.25) is 0 Å². The Morgan fingerprint density at radius 1 is 1.32 bits per heavy atom. The van der Waals surface area contributed by atoms with Crippen molar-refractivity contribution in [2.75, 3.05) is 12.4 Å². The summed E-state index contributed by atoms with van der Waals surface area (Å²) < 4.78 is 5.07. The number of carbonyl (C=O) groups is 1. The summed E-state index contributed by atoms with van der Waals surface area (Å²) in [6, 6.07) is 10.4. The van der Waals surface area contributed by atoms with Crippen LogP contribution in [0.25, 0.3) is 0 Å². The number of nitrogens with zero attached hydrogens (tertiary/aromatic N) is 1.